The van der Waals surface area contributed by atoms with Crippen LogP contribution in [-0.4, -0.2) is 96.4 Å². The van der Waals surface area contributed by atoms with Crippen LogP contribution >= 0.6 is 0 Å². The summed E-state index contributed by atoms with van der Waals surface area (Å²) in [6, 6.07) is 7.90. The number of ether oxygens (including phenoxy) is 2. The topological polar surface area (TPSA) is 109 Å². The number of anilines is 1. The molecule has 1 N–H and O–H groups in total. The minimum atomic E-state index is -0.477. The summed E-state index contributed by atoms with van der Waals surface area (Å²) < 4.78 is 11.8. The number of pyridine rings is 1. The number of rotatable bonds is 9. The van der Waals surface area contributed by atoms with Crippen molar-refractivity contribution in [1.82, 2.24) is 20.1 Å². The van der Waals surface area contributed by atoms with Crippen molar-refractivity contribution in [2.75, 3.05) is 44.7 Å². The number of carbonyl (C=O) groups excluding carboxylic acids is 3. The second kappa shape index (κ2) is 14.3. The van der Waals surface area contributed by atoms with Gasteiger partial charge in [0.25, 0.3) is 5.91 Å². The number of hydrogen-bond acceptors (Lipinski definition) is 7. The first-order valence-corrected chi connectivity index (χ1v) is 17.6. The fourth-order valence-corrected chi connectivity index (χ4v) is 7.69. The van der Waals surface area contributed by atoms with Crippen molar-refractivity contribution in [2.24, 2.45) is 17.8 Å². The van der Waals surface area contributed by atoms with Crippen LogP contribution in [0.15, 0.2) is 30.5 Å². The van der Waals surface area contributed by atoms with Crippen LogP contribution in [0.1, 0.15) is 82.5 Å². The van der Waals surface area contributed by atoms with Gasteiger partial charge < -0.3 is 24.6 Å². The van der Waals surface area contributed by atoms with E-state index in [9.17, 15) is 14.4 Å². The predicted molar refractivity (Wildman–Crippen MR) is 183 cm³/mol. The van der Waals surface area contributed by atoms with Gasteiger partial charge in [-0.3, -0.25) is 24.3 Å². The van der Waals surface area contributed by atoms with Crippen molar-refractivity contribution >= 4 is 34.5 Å². The molecule has 1 aromatic carbocycles. The first-order valence-electron chi connectivity index (χ1n) is 17.6. The quantitative estimate of drug-likeness (QED) is 0.355. The van der Waals surface area contributed by atoms with E-state index in [0.29, 0.717) is 36.4 Å². The lowest BCUT2D eigenvalue weighted by Gasteiger charge is -2.35. The average molecular weight is 659 g/mol. The molecule has 3 amide bonds. The van der Waals surface area contributed by atoms with E-state index in [2.05, 4.69) is 33.2 Å². The molecule has 6 rings (SSSR count). The molecule has 2 saturated heterocycles. The van der Waals surface area contributed by atoms with Crippen LogP contribution in [0, 0.1) is 24.3 Å². The number of amides is 3. The number of hydrogen-bond donors (Lipinski definition) is 1. The smallest absolute Gasteiger partial charge is 0.410 e. The summed E-state index contributed by atoms with van der Waals surface area (Å²) >= 11 is 0. The Labute approximate surface area is 284 Å². The number of benzene rings is 1. The lowest BCUT2D eigenvalue weighted by atomic mass is 9.82. The van der Waals surface area contributed by atoms with E-state index in [0.717, 1.165) is 81.1 Å². The Morgan fingerprint density at radius 1 is 1.04 bits per heavy atom. The number of nitrogens with zero attached hydrogens (tertiary/aromatic N) is 5. The third-order valence-corrected chi connectivity index (χ3v) is 10.5. The Morgan fingerprint density at radius 3 is 2.48 bits per heavy atom. The van der Waals surface area contributed by atoms with Crippen LogP contribution in [0.25, 0.3) is 15.7 Å². The molecule has 11 nitrogen and oxygen atoms in total. The van der Waals surface area contributed by atoms with Crippen molar-refractivity contribution in [1.29, 1.82) is 0 Å². The third kappa shape index (κ3) is 8.03. The zero-order chi connectivity index (χ0) is 34.0. The molecule has 2 aliphatic carbocycles. The summed E-state index contributed by atoms with van der Waals surface area (Å²) in [6.07, 6.45) is 9.21. The van der Waals surface area contributed by atoms with Gasteiger partial charge in [0.1, 0.15) is 5.60 Å². The Kier molecular flexibility index (Phi) is 10.1. The summed E-state index contributed by atoms with van der Waals surface area (Å²) in [5.74, 6) is 1.10. The summed E-state index contributed by atoms with van der Waals surface area (Å²) in [5, 5.41) is 3.57. The molecule has 3 heterocycles. The van der Waals surface area contributed by atoms with Crippen LogP contribution < -0.4 is 10.2 Å². The summed E-state index contributed by atoms with van der Waals surface area (Å²) in [5.41, 5.74) is 1.78. The maximum atomic E-state index is 13.3. The average Bonchev–Trinajstić information content (AvgIpc) is 3.74. The third-order valence-electron chi connectivity index (χ3n) is 10.5. The van der Waals surface area contributed by atoms with Gasteiger partial charge in [0, 0.05) is 63.0 Å². The van der Waals surface area contributed by atoms with E-state index < -0.39 is 11.8 Å². The van der Waals surface area contributed by atoms with E-state index in [1.807, 2.05) is 32.9 Å². The van der Waals surface area contributed by atoms with Gasteiger partial charge in [-0.25, -0.2) is 11.4 Å². The van der Waals surface area contributed by atoms with Crippen LogP contribution in [0.2, 0.25) is 0 Å². The highest BCUT2D eigenvalue weighted by Gasteiger charge is 2.57. The largest absolute Gasteiger partial charge is 0.444 e. The first-order chi connectivity index (χ1) is 23.0. The zero-order valence-electron chi connectivity index (χ0n) is 28.8. The predicted octanol–water partition coefficient (Wildman–Crippen LogP) is 5.49. The van der Waals surface area contributed by atoms with E-state index >= 15 is 0 Å². The van der Waals surface area contributed by atoms with Crippen molar-refractivity contribution in [3.05, 3.63) is 47.4 Å². The highest BCUT2D eigenvalue weighted by Crippen LogP contribution is 2.48. The molecule has 48 heavy (non-hydrogen) atoms. The highest BCUT2D eigenvalue weighted by atomic mass is 16.6. The number of piperidine rings is 2. The summed E-state index contributed by atoms with van der Waals surface area (Å²) in [6.45, 7) is 16.1. The zero-order valence-corrected chi connectivity index (χ0v) is 28.8. The van der Waals surface area contributed by atoms with Crippen LogP contribution in [0.4, 0.5) is 10.5 Å². The maximum Gasteiger partial charge on any atom is 0.410 e. The Balaban J connectivity index is 0.955. The van der Waals surface area contributed by atoms with Crippen LogP contribution in [-0.2, 0) is 14.3 Å². The molecule has 4 fully saturated rings. The van der Waals surface area contributed by atoms with Crippen molar-refractivity contribution in [2.45, 2.75) is 96.1 Å². The van der Waals surface area contributed by atoms with Gasteiger partial charge in [0.2, 0.25) is 5.91 Å². The Morgan fingerprint density at radius 2 is 1.77 bits per heavy atom. The maximum absolute atomic E-state index is 13.3. The van der Waals surface area contributed by atoms with Gasteiger partial charge in [-0.1, -0.05) is 0 Å². The molecular weight excluding hydrogens is 608 g/mol. The number of likely N-dealkylation sites (tertiary alicyclic amines) is 2. The van der Waals surface area contributed by atoms with Crippen molar-refractivity contribution in [3.8, 4) is 0 Å². The van der Waals surface area contributed by atoms with E-state index in [1.54, 1.807) is 22.1 Å². The van der Waals surface area contributed by atoms with Crippen molar-refractivity contribution in [3.63, 3.8) is 0 Å². The van der Waals surface area contributed by atoms with Gasteiger partial charge in [-0.15, -0.1) is 0 Å². The Hall–Kier alpha value is -3.91. The highest BCUT2D eigenvalue weighted by molar-refractivity contribution is 6.07. The molecule has 0 unspecified atom stereocenters. The normalized spacial score (nSPS) is 25.7. The molecule has 0 bridgehead atoms. The molecule has 1 aromatic heterocycles. The molecule has 4 aliphatic rings. The fraction of sp³-hybridized carbons (Fsp3) is 0.649. The fourth-order valence-electron chi connectivity index (χ4n) is 7.69. The molecule has 258 valence electrons. The van der Waals surface area contributed by atoms with Crippen molar-refractivity contribution < 1.29 is 23.9 Å². The number of nitrogens with one attached hydrogen (secondary N) is 1. The molecule has 0 radical (unpaired) electrons. The lowest BCUT2D eigenvalue weighted by molar-refractivity contribution is -0.131. The molecule has 11 heteroatoms. The minimum absolute atomic E-state index is 0.113. The monoisotopic (exact) mass is 658 g/mol. The molecule has 2 aliphatic heterocycles. The van der Waals surface area contributed by atoms with Crippen LogP contribution in [0.5, 0.6) is 0 Å². The lowest BCUT2D eigenvalue weighted by Crippen LogP contribution is -2.43. The second-order valence-corrected chi connectivity index (χ2v) is 15.2. The minimum Gasteiger partial charge on any atom is -0.444 e. The van der Waals surface area contributed by atoms with Gasteiger partial charge in [-0.05, 0) is 108 Å². The first kappa shape index (κ1) is 34.0. The van der Waals surface area contributed by atoms with E-state index in [1.165, 1.54) is 0 Å². The van der Waals surface area contributed by atoms with Crippen LogP contribution in [0.3, 0.4) is 0 Å². The van der Waals surface area contributed by atoms with Gasteiger partial charge in [0.15, 0.2) is 0 Å². The standard InChI is InChI=1S/C37H50N6O5/c1-37(2,3)48-36(46)42-16-13-28(14-17-42)47-23-25-8-6-24(7-9-25)22-41(5)27-10-11-31-30(20-27)29(12-15-39-31)35(45)40-21-34(44)43-32-18-26(32)19-33(43)38-4/h10-12,15,20,24-26,28,32-33H,6-9,13-14,16-19,21-23H2,1-3,5H3,(H,40,45)/t24?,25?,26-,32-,33-/m0/s1. The van der Waals surface area contributed by atoms with E-state index in [-0.39, 0.29) is 36.6 Å². The molecule has 3 atom stereocenters. The molecule has 0 spiro atoms. The van der Waals surface area contributed by atoms with Gasteiger partial charge >= 0.3 is 12.3 Å². The summed E-state index contributed by atoms with van der Waals surface area (Å²) in [7, 11) is 2.10. The van der Waals surface area contributed by atoms with E-state index in [4.69, 9.17) is 16.0 Å². The van der Waals surface area contributed by atoms with Gasteiger partial charge in [0.05, 0.1) is 23.7 Å². The summed E-state index contributed by atoms with van der Waals surface area (Å²) in [4.78, 5) is 52.4. The molecular formula is C37H50N6O5. The number of fused-ring (bicyclic) bond motifs is 2. The number of aromatic nitrogens is 1. The SMILES string of the molecule is [C-]#[N+][C@@H]1C[C@@H]2C[C@@H]2N1C(=O)CNC(=O)c1ccnc2ccc(N(C)CC3CCC(COC4CCN(C(=O)OC(C)(C)C)CC4)CC3)cc12. The molecule has 2 saturated carbocycles. The van der Waals surface area contributed by atoms with Gasteiger partial charge in [-0.2, -0.15) is 0 Å². The number of carbonyl (C=O) groups is 3. The Bertz CT molecular complexity index is 1530. The second-order valence-electron chi connectivity index (χ2n) is 15.2. The molecule has 2 aromatic rings.